The molecule has 1 atom stereocenters. The van der Waals surface area contributed by atoms with E-state index >= 15 is 0 Å². The van der Waals surface area contributed by atoms with Gasteiger partial charge in [-0.25, -0.2) is 9.59 Å². The maximum Gasteiger partial charge on any atom is 0.418 e. The lowest BCUT2D eigenvalue weighted by atomic mass is 9.91. The number of nitrogens with two attached hydrogens (primary N) is 1. The third kappa shape index (κ3) is 9.96. The first kappa shape index (κ1) is 40.4. The summed E-state index contributed by atoms with van der Waals surface area (Å²) >= 11 is 6.13. The Morgan fingerprint density at radius 3 is 2.25 bits per heavy atom. The van der Waals surface area contributed by atoms with Gasteiger partial charge in [-0.2, -0.15) is 13.2 Å². The summed E-state index contributed by atoms with van der Waals surface area (Å²) in [7, 11) is 0. The maximum absolute atomic E-state index is 14.1. The number of rotatable bonds is 9. The number of hydrogen-bond donors (Lipinski definition) is 2. The summed E-state index contributed by atoms with van der Waals surface area (Å²) in [5.41, 5.74) is 5.83. The van der Waals surface area contributed by atoms with Crippen LogP contribution in [-0.4, -0.2) is 114 Å². The highest BCUT2D eigenvalue weighted by molar-refractivity contribution is 6.33. The molecule has 0 bridgehead atoms. The largest absolute Gasteiger partial charge is 0.466 e. The van der Waals surface area contributed by atoms with Crippen LogP contribution in [0.25, 0.3) is 0 Å². The number of fused-ring (bicyclic) bond motifs is 1. The van der Waals surface area contributed by atoms with Crippen LogP contribution in [0.1, 0.15) is 68.6 Å². The predicted molar refractivity (Wildman–Crippen MR) is 200 cm³/mol. The second-order valence-corrected chi connectivity index (χ2v) is 15.3. The Labute approximate surface area is 324 Å². The molecule has 0 aliphatic carbocycles. The number of amides is 4. The minimum atomic E-state index is -4.79. The number of halogens is 4. The minimum Gasteiger partial charge on any atom is -0.466 e. The molecule has 0 unspecified atom stereocenters. The van der Waals surface area contributed by atoms with Crippen LogP contribution in [0.15, 0.2) is 36.4 Å². The van der Waals surface area contributed by atoms with Gasteiger partial charge in [-0.1, -0.05) is 29.8 Å². The maximum atomic E-state index is 14.1. The highest BCUT2D eigenvalue weighted by Gasteiger charge is 2.38. The summed E-state index contributed by atoms with van der Waals surface area (Å²) < 4.78 is 52.6. The first-order chi connectivity index (χ1) is 26.3. The van der Waals surface area contributed by atoms with Gasteiger partial charge >= 0.3 is 24.3 Å². The van der Waals surface area contributed by atoms with Crippen molar-refractivity contribution >= 4 is 47.0 Å². The van der Waals surface area contributed by atoms with E-state index in [1.54, 1.807) is 16.7 Å². The fraction of sp³-hybridized carbons (Fsp3) is 0.590. The number of piperidine rings is 3. The van der Waals surface area contributed by atoms with Crippen molar-refractivity contribution < 1.29 is 41.8 Å². The summed E-state index contributed by atoms with van der Waals surface area (Å²) in [6.07, 6.45) is -2.03. The Kier molecular flexibility index (Phi) is 13.0. The van der Waals surface area contributed by atoms with Gasteiger partial charge in [0.05, 0.1) is 22.9 Å². The summed E-state index contributed by atoms with van der Waals surface area (Å²) in [5.74, 6) is -0.376. The normalized spacial score (nSPS) is 20.0. The van der Waals surface area contributed by atoms with Gasteiger partial charge in [0.2, 0.25) is 0 Å². The van der Waals surface area contributed by atoms with Crippen LogP contribution in [0.3, 0.4) is 0 Å². The molecule has 2 aromatic carbocycles. The molecule has 300 valence electrons. The van der Waals surface area contributed by atoms with E-state index in [1.165, 1.54) is 11.0 Å². The molecular weight excluding hydrogens is 741 g/mol. The molecule has 2 aromatic rings. The number of nitrogens with one attached hydrogen (secondary N) is 1. The lowest BCUT2D eigenvalue weighted by molar-refractivity contribution is -0.144. The van der Waals surface area contributed by atoms with Crippen molar-refractivity contribution in [2.45, 2.75) is 89.1 Å². The molecule has 0 spiro atoms. The Morgan fingerprint density at radius 1 is 0.927 bits per heavy atom. The fourth-order valence-electron chi connectivity index (χ4n) is 8.35. The first-order valence-electron chi connectivity index (χ1n) is 19.2. The van der Waals surface area contributed by atoms with Gasteiger partial charge in [0.15, 0.2) is 6.10 Å². The summed E-state index contributed by atoms with van der Waals surface area (Å²) in [6, 6.07) is 9.72. The van der Waals surface area contributed by atoms with Gasteiger partial charge in [-0.3, -0.25) is 9.59 Å². The monoisotopic (exact) mass is 790 g/mol. The van der Waals surface area contributed by atoms with Gasteiger partial charge in [0, 0.05) is 63.3 Å². The van der Waals surface area contributed by atoms with Gasteiger partial charge in [-0.05, 0) is 100 Å². The van der Waals surface area contributed by atoms with Crippen LogP contribution in [0.5, 0.6) is 0 Å². The molecule has 3 N–H and O–H groups in total. The predicted octanol–water partition coefficient (Wildman–Crippen LogP) is 6.20. The summed E-state index contributed by atoms with van der Waals surface area (Å²) in [6.45, 7) is 5.71. The van der Waals surface area contributed by atoms with Crippen molar-refractivity contribution in [1.29, 1.82) is 0 Å². The van der Waals surface area contributed by atoms with E-state index in [0.717, 1.165) is 43.2 Å². The molecule has 0 saturated carbocycles. The van der Waals surface area contributed by atoms with Crippen LogP contribution >= 0.6 is 11.6 Å². The zero-order valence-corrected chi connectivity index (χ0v) is 31.9. The van der Waals surface area contributed by atoms with Crippen molar-refractivity contribution in [2.24, 2.45) is 5.92 Å². The Hall–Kier alpha value is -4.24. The van der Waals surface area contributed by atoms with E-state index in [4.69, 9.17) is 26.8 Å². The number of nitrogen functional groups attached to an aromatic ring is 1. The Morgan fingerprint density at radius 2 is 1.58 bits per heavy atom. The topological polar surface area (TPSA) is 138 Å². The van der Waals surface area contributed by atoms with E-state index in [0.29, 0.717) is 64.8 Å². The van der Waals surface area contributed by atoms with E-state index in [2.05, 4.69) is 10.2 Å². The highest BCUT2D eigenvalue weighted by Crippen LogP contribution is 2.38. The van der Waals surface area contributed by atoms with Gasteiger partial charge < -0.3 is 40.1 Å². The number of ether oxygens (including phenoxy) is 2. The number of carbonyl (C=O) groups excluding carboxylic acids is 4. The van der Waals surface area contributed by atoms with E-state index in [1.807, 2.05) is 24.3 Å². The molecule has 12 nitrogen and oxygen atoms in total. The molecule has 3 fully saturated rings. The lowest BCUT2D eigenvalue weighted by Crippen LogP contribution is -2.53. The minimum absolute atomic E-state index is 0.0603. The first-order valence-corrected chi connectivity index (χ1v) is 19.6. The molecule has 0 aromatic heterocycles. The van der Waals surface area contributed by atoms with Crippen molar-refractivity contribution in [1.82, 2.24) is 19.6 Å². The van der Waals surface area contributed by atoms with E-state index in [9.17, 15) is 32.3 Å². The second kappa shape index (κ2) is 17.7. The van der Waals surface area contributed by atoms with Gasteiger partial charge in [0.25, 0.3) is 5.91 Å². The lowest BCUT2D eigenvalue weighted by Gasteiger charge is -2.42. The molecule has 0 radical (unpaired) electrons. The number of nitrogens with zero attached hydrogens (tertiary/aromatic N) is 4. The van der Waals surface area contributed by atoms with Crippen LogP contribution in [0, 0.1) is 5.92 Å². The summed E-state index contributed by atoms with van der Waals surface area (Å²) in [5, 5.41) is 2.68. The molecule has 16 heteroatoms. The number of para-hydroxylation sites is 1. The smallest absolute Gasteiger partial charge is 0.418 e. The number of esters is 1. The summed E-state index contributed by atoms with van der Waals surface area (Å²) in [4.78, 5) is 60.1. The van der Waals surface area contributed by atoms with E-state index in [-0.39, 0.29) is 60.1 Å². The average molecular weight is 791 g/mol. The van der Waals surface area contributed by atoms with Crippen molar-refractivity contribution in [3.8, 4) is 0 Å². The fourth-order valence-corrected chi connectivity index (χ4v) is 8.59. The number of alkyl halides is 3. The quantitative estimate of drug-likeness (QED) is 0.227. The Balaban J connectivity index is 1.09. The number of hydrogen-bond acceptors (Lipinski definition) is 8. The zero-order chi connectivity index (χ0) is 39.3. The number of anilines is 2. The van der Waals surface area contributed by atoms with Crippen molar-refractivity contribution in [2.75, 3.05) is 63.5 Å². The third-order valence-electron chi connectivity index (χ3n) is 11.4. The SMILES string of the molecule is CCOC(=O)CC1CCN(C2CCN(C(=O)[C@@H](Cc3cc(Cl)c(N)c(C(F)(F)F)c3)OC(=O)N3CCC(N4CCc5ccccc5NC4=O)CC3)CC2)CC1. The molecular formula is C39H50ClF3N6O6. The molecule has 55 heavy (non-hydrogen) atoms. The molecule has 3 saturated heterocycles. The van der Waals surface area contributed by atoms with Crippen LogP contribution in [0.2, 0.25) is 5.02 Å². The Bertz CT molecular complexity index is 1710. The number of urea groups is 1. The number of benzene rings is 2. The standard InChI is InChI=1S/C39H50ClF3N6O6/c1-2-54-34(50)24-25-7-14-46(15-8-25)28-10-16-47(17-11-28)36(51)33(23-26-21-30(39(41,42)43)35(44)31(40)22-26)55-38(53)48-18-12-29(13-19-48)49-20-9-27-5-3-4-6-32(27)45-37(49)52/h3-6,21-22,25,28-29,33H,2,7-20,23-24,44H2,1H3,(H,45,52)/t33-/m1/s1. The zero-order valence-electron chi connectivity index (χ0n) is 31.1. The average Bonchev–Trinajstić information content (AvgIpc) is 3.33. The molecule has 4 aliphatic heterocycles. The molecule has 4 heterocycles. The van der Waals surface area contributed by atoms with Gasteiger partial charge in [-0.15, -0.1) is 0 Å². The van der Waals surface area contributed by atoms with Crippen LogP contribution in [0.4, 0.5) is 34.1 Å². The van der Waals surface area contributed by atoms with Gasteiger partial charge in [0.1, 0.15) is 0 Å². The molecule has 4 amide bonds. The van der Waals surface area contributed by atoms with E-state index < -0.39 is 35.5 Å². The second-order valence-electron chi connectivity index (χ2n) is 14.9. The number of likely N-dealkylation sites (tertiary alicyclic amines) is 3. The van der Waals surface area contributed by atoms with Crippen LogP contribution < -0.4 is 11.1 Å². The number of carbonyl (C=O) groups is 4. The molecule has 4 aliphatic rings. The molecule has 6 rings (SSSR count). The highest BCUT2D eigenvalue weighted by atomic mass is 35.5. The third-order valence-corrected chi connectivity index (χ3v) is 11.8. The van der Waals surface area contributed by atoms with Crippen LogP contribution in [-0.2, 0) is 38.1 Å². The van der Waals surface area contributed by atoms with Crippen molar-refractivity contribution in [3.63, 3.8) is 0 Å². The van der Waals surface area contributed by atoms with Crippen molar-refractivity contribution in [3.05, 3.63) is 58.1 Å².